The molecule has 6 nitrogen and oxygen atoms in total. The van der Waals surface area contributed by atoms with Gasteiger partial charge in [0.05, 0.1) is 27.4 Å². The average molecular weight is 399 g/mol. The Morgan fingerprint density at radius 3 is 2.54 bits per heavy atom. The van der Waals surface area contributed by atoms with E-state index in [4.69, 9.17) is 11.6 Å². The summed E-state index contributed by atoms with van der Waals surface area (Å²) < 4.78 is 25.6. The Kier molecular flexibility index (Phi) is 5.05. The van der Waals surface area contributed by atoms with Gasteiger partial charge in [-0.3, -0.25) is 9.59 Å². The third-order valence-electron chi connectivity index (χ3n) is 5.04. The fraction of sp³-hybridized carbons (Fsp3) is 0.556. The lowest BCUT2D eigenvalue weighted by molar-refractivity contribution is -0.123. The SMILES string of the molecule is CC1(C)CS(=O)(=O)N(c2ccc(Cl)c(C(=O)NCC3CCCC3)c2)C1=O. The monoisotopic (exact) mass is 398 g/mol. The van der Waals surface area contributed by atoms with E-state index in [1.54, 1.807) is 13.8 Å². The average Bonchev–Trinajstić information content (AvgIpc) is 3.11. The van der Waals surface area contributed by atoms with Gasteiger partial charge in [0.1, 0.15) is 0 Å². The van der Waals surface area contributed by atoms with E-state index in [1.165, 1.54) is 31.0 Å². The van der Waals surface area contributed by atoms with Crippen molar-refractivity contribution in [3.05, 3.63) is 28.8 Å². The predicted octanol–water partition coefficient (Wildman–Crippen LogP) is 2.96. The van der Waals surface area contributed by atoms with Crippen LogP contribution in [0.4, 0.5) is 5.69 Å². The Labute approximate surface area is 158 Å². The highest BCUT2D eigenvalue weighted by molar-refractivity contribution is 7.94. The number of sulfonamides is 1. The van der Waals surface area contributed by atoms with E-state index in [2.05, 4.69) is 5.32 Å². The summed E-state index contributed by atoms with van der Waals surface area (Å²) >= 11 is 6.14. The summed E-state index contributed by atoms with van der Waals surface area (Å²) in [5.41, 5.74) is -0.672. The molecule has 1 aliphatic heterocycles. The lowest BCUT2D eigenvalue weighted by Crippen LogP contribution is -2.33. The zero-order chi connectivity index (χ0) is 19.1. The Bertz CT molecular complexity index is 845. The molecule has 26 heavy (non-hydrogen) atoms. The lowest BCUT2D eigenvalue weighted by Gasteiger charge is -2.19. The fourth-order valence-corrected chi connectivity index (χ4v) is 5.92. The van der Waals surface area contributed by atoms with Gasteiger partial charge < -0.3 is 5.32 Å². The van der Waals surface area contributed by atoms with Crippen molar-refractivity contribution < 1.29 is 18.0 Å². The van der Waals surface area contributed by atoms with E-state index in [1.807, 2.05) is 0 Å². The number of carbonyl (C=O) groups is 2. The lowest BCUT2D eigenvalue weighted by atomic mass is 9.95. The number of nitrogens with zero attached hydrogens (tertiary/aromatic N) is 1. The Morgan fingerprint density at radius 2 is 1.96 bits per heavy atom. The molecule has 8 heteroatoms. The molecule has 1 saturated heterocycles. The first-order valence-electron chi connectivity index (χ1n) is 8.77. The van der Waals surface area contributed by atoms with E-state index in [9.17, 15) is 18.0 Å². The van der Waals surface area contributed by atoms with Crippen LogP contribution in [0.5, 0.6) is 0 Å². The van der Waals surface area contributed by atoms with Gasteiger partial charge in [-0.05, 0) is 50.8 Å². The van der Waals surface area contributed by atoms with Crippen LogP contribution in [0.1, 0.15) is 49.9 Å². The van der Waals surface area contributed by atoms with Gasteiger partial charge in [-0.1, -0.05) is 24.4 Å². The summed E-state index contributed by atoms with van der Waals surface area (Å²) in [4.78, 5) is 25.0. The van der Waals surface area contributed by atoms with Crippen LogP contribution in [0.3, 0.4) is 0 Å². The number of rotatable bonds is 4. The molecule has 1 heterocycles. The first kappa shape index (κ1) is 19.2. The number of hydrogen-bond donors (Lipinski definition) is 1. The molecule has 1 aliphatic carbocycles. The van der Waals surface area contributed by atoms with Crippen LogP contribution in [-0.2, 0) is 14.8 Å². The maximum absolute atomic E-state index is 12.5. The van der Waals surface area contributed by atoms with Crippen LogP contribution in [0.2, 0.25) is 5.02 Å². The molecule has 0 radical (unpaired) electrons. The number of carbonyl (C=O) groups excluding carboxylic acids is 2. The summed E-state index contributed by atoms with van der Waals surface area (Å²) in [7, 11) is -3.77. The van der Waals surface area contributed by atoms with Crippen molar-refractivity contribution in [2.45, 2.75) is 39.5 Å². The molecule has 142 valence electrons. The molecular formula is C18H23ClN2O4S. The number of nitrogens with one attached hydrogen (secondary N) is 1. The van der Waals surface area contributed by atoms with Gasteiger partial charge in [-0.2, -0.15) is 0 Å². The third kappa shape index (κ3) is 3.60. The smallest absolute Gasteiger partial charge is 0.252 e. The third-order valence-corrected chi connectivity index (χ3v) is 7.39. The van der Waals surface area contributed by atoms with Gasteiger partial charge in [-0.25, -0.2) is 12.7 Å². The number of halogens is 1. The molecule has 2 amide bonds. The van der Waals surface area contributed by atoms with Crippen molar-refractivity contribution in [2.75, 3.05) is 16.6 Å². The van der Waals surface area contributed by atoms with E-state index < -0.39 is 21.3 Å². The molecule has 1 aromatic carbocycles. The van der Waals surface area contributed by atoms with Crippen molar-refractivity contribution in [2.24, 2.45) is 11.3 Å². The summed E-state index contributed by atoms with van der Waals surface area (Å²) in [5, 5.41) is 3.09. The molecule has 2 aliphatic rings. The molecule has 3 rings (SSSR count). The van der Waals surface area contributed by atoms with E-state index in [-0.39, 0.29) is 27.9 Å². The topological polar surface area (TPSA) is 83.6 Å². The second kappa shape index (κ2) is 6.85. The molecule has 1 N–H and O–H groups in total. The molecule has 2 fully saturated rings. The molecule has 1 aromatic rings. The van der Waals surface area contributed by atoms with Gasteiger partial charge in [0.25, 0.3) is 5.91 Å². The molecule has 0 unspecified atom stereocenters. The highest BCUT2D eigenvalue weighted by Crippen LogP contribution is 2.37. The molecule has 0 bridgehead atoms. The molecule has 1 saturated carbocycles. The van der Waals surface area contributed by atoms with Gasteiger partial charge in [-0.15, -0.1) is 0 Å². The normalized spacial score (nSPS) is 22.0. The van der Waals surface area contributed by atoms with E-state index >= 15 is 0 Å². The van der Waals surface area contributed by atoms with Gasteiger partial charge >= 0.3 is 0 Å². The number of anilines is 1. The second-order valence-corrected chi connectivity index (χ2v) is 9.96. The maximum Gasteiger partial charge on any atom is 0.252 e. The Hall–Kier alpha value is -1.60. The minimum absolute atomic E-state index is 0.149. The molecule has 0 atom stereocenters. The summed E-state index contributed by atoms with van der Waals surface area (Å²) in [6, 6.07) is 4.28. The summed E-state index contributed by atoms with van der Waals surface area (Å²) in [5.74, 6) is -0.642. The fourth-order valence-electron chi connectivity index (χ4n) is 3.62. The predicted molar refractivity (Wildman–Crippen MR) is 101 cm³/mol. The highest BCUT2D eigenvalue weighted by atomic mass is 35.5. The van der Waals surface area contributed by atoms with Crippen LogP contribution in [0.25, 0.3) is 0 Å². The van der Waals surface area contributed by atoms with Crippen molar-refractivity contribution >= 4 is 39.1 Å². The zero-order valence-corrected chi connectivity index (χ0v) is 16.5. The maximum atomic E-state index is 12.5. The van der Waals surface area contributed by atoms with Crippen LogP contribution in [0.15, 0.2) is 18.2 Å². The second-order valence-electron chi connectivity index (χ2n) is 7.73. The Morgan fingerprint density at radius 1 is 1.31 bits per heavy atom. The number of hydrogen-bond acceptors (Lipinski definition) is 4. The van der Waals surface area contributed by atoms with Crippen molar-refractivity contribution in [3.8, 4) is 0 Å². The van der Waals surface area contributed by atoms with Crippen molar-refractivity contribution in [3.63, 3.8) is 0 Å². The van der Waals surface area contributed by atoms with Gasteiger partial charge in [0, 0.05) is 6.54 Å². The standard InChI is InChI=1S/C18H23ClN2O4S/c1-18(2)11-26(24,25)21(17(18)23)13-7-8-15(19)14(9-13)16(22)20-10-12-5-3-4-6-12/h7-9,12H,3-6,10-11H2,1-2H3,(H,20,22). The molecule has 0 aromatic heterocycles. The first-order valence-corrected chi connectivity index (χ1v) is 10.8. The minimum Gasteiger partial charge on any atom is -0.352 e. The van der Waals surface area contributed by atoms with Crippen LogP contribution in [0, 0.1) is 11.3 Å². The minimum atomic E-state index is -3.77. The van der Waals surface area contributed by atoms with Gasteiger partial charge in [0.15, 0.2) is 0 Å². The van der Waals surface area contributed by atoms with Crippen molar-refractivity contribution in [1.29, 1.82) is 0 Å². The van der Waals surface area contributed by atoms with E-state index in [0.29, 0.717) is 12.5 Å². The van der Waals surface area contributed by atoms with Gasteiger partial charge in [0.2, 0.25) is 15.9 Å². The number of amides is 2. The van der Waals surface area contributed by atoms with Crippen LogP contribution in [-0.4, -0.2) is 32.5 Å². The van der Waals surface area contributed by atoms with Crippen molar-refractivity contribution in [1.82, 2.24) is 5.32 Å². The van der Waals surface area contributed by atoms with E-state index in [0.717, 1.165) is 17.1 Å². The Balaban J connectivity index is 1.85. The van der Waals surface area contributed by atoms with Crippen LogP contribution < -0.4 is 9.62 Å². The summed E-state index contributed by atoms with van der Waals surface area (Å²) in [6.07, 6.45) is 4.57. The zero-order valence-electron chi connectivity index (χ0n) is 14.9. The van der Waals surface area contributed by atoms with Crippen LogP contribution >= 0.6 is 11.6 Å². The molecular weight excluding hydrogens is 376 g/mol. The highest BCUT2D eigenvalue weighted by Gasteiger charge is 2.50. The first-order chi connectivity index (χ1) is 12.1. The quantitative estimate of drug-likeness (QED) is 0.845. The largest absolute Gasteiger partial charge is 0.352 e. The number of benzene rings is 1. The molecule has 0 spiro atoms. The summed E-state index contributed by atoms with van der Waals surface area (Å²) in [6.45, 7) is 3.77.